The predicted octanol–water partition coefficient (Wildman–Crippen LogP) is 4.69. The molecule has 0 radical (unpaired) electrons. The van der Waals surface area contributed by atoms with Gasteiger partial charge in [0.1, 0.15) is 12.3 Å². The number of nitrogens with zero attached hydrogens (tertiary/aromatic N) is 1. The van der Waals surface area contributed by atoms with E-state index in [1.165, 1.54) is 4.31 Å². The Morgan fingerprint density at radius 1 is 0.939 bits per heavy atom. The number of benzene rings is 3. The van der Waals surface area contributed by atoms with Crippen LogP contribution in [0.3, 0.4) is 0 Å². The molecule has 1 amide bonds. The van der Waals surface area contributed by atoms with Gasteiger partial charge in [-0.2, -0.15) is 0 Å². The summed E-state index contributed by atoms with van der Waals surface area (Å²) in [6, 6.07) is 19.2. The van der Waals surface area contributed by atoms with Gasteiger partial charge in [0.15, 0.2) is 0 Å². The number of nitrogens with one attached hydrogen (secondary N) is 1. The summed E-state index contributed by atoms with van der Waals surface area (Å²) in [6.07, 6.45) is 0. The normalized spacial score (nSPS) is 12.2. The van der Waals surface area contributed by atoms with Crippen LogP contribution in [0, 0.1) is 20.8 Å². The van der Waals surface area contributed by atoms with E-state index in [1.807, 2.05) is 58.0 Å². The maximum atomic E-state index is 13.6. The van der Waals surface area contributed by atoms with Crippen molar-refractivity contribution in [3.63, 3.8) is 0 Å². The molecule has 3 aromatic carbocycles. The number of para-hydroxylation sites is 1. The highest BCUT2D eigenvalue weighted by Crippen LogP contribution is 2.27. The highest BCUT2D eigenvalue weighted by molar-refractivity contribution is 7.92. The summed E-state index contributed by atoms with van der Waals surface area (Å²) in [6.45, 7) is 7.18. The molecule has 1 N–H and O–H groups in total. The van der Waals surface area contributed by atoms with Crippen molar-refractivity contribution in [3.8, 4) is 5.75 Å². The predicted molar refractivity (Wildman–Crippen MR) is 131 cm³/mol. The molecule has 0 aliphatic heterocycles. The molecular weight excluding hydrogens is 436 g/mol. The molecule has 3 aromatic rings. The molecule has 1 atom stereocenters. The van der Waals surface area contributed by atoms with Gasteiger partial charge in [0.05, 0.1) is 23.7 Å². The number of hydrogen-bond acceptors (Lipinski definition) is 4. The van der Waals surface area contributed by atoms with Gasteiger partial charge in [0.25, 0.3) is 10.0 Å². The quantitative estimate of drug-likeness (QED) is 0.522. The molecular formula is C26H30N2O4S. The second kappa shape index (κ2) is 10.1. The minimum atomic E-state index is -3.96. The first-order valence-electron chi connectivity index (χ1n) is 10.7. The van der Waals surface area contributed by atoms with E-state index in [-0.39, 0.29) is 17.5 Å². The molecule has 0 aliphatic rings. The Hall–Kier alpha value is -3.32. The van der Waals surface area contributed by atoms with E-state index in [1.54, 1.807) is 43.5 Å². The Morgan fingerprint density at radius 2 is 1.55 bits per heavy atom. The SMILES string of the molecule is COc1ccccc1[C@H](C)NC(=O)CN(c1cc(C)cc(C)c1)S(=O)(=O)c1ccc(C)cc1. The lowest BCUT2D eigenvalue weighted by atomic mass is 10.1. The van der Waals surface area contributed by atoms with Crippen molar-refractivity contribution in [2.75, 3.05) is 18.0 Å². The Kier molecular flexibility index (Phi) is 7.43. The number of ether oxygens (including phenoxy) is 1. The molecule has 0 unspecified atom stereocenters. The third-order valence-electron chi connectivity index (χ3n) is 5.37. The third-order valence-corrected chi connectivity index (χ3v) is 7.16. The molecule has 0 heterocycles. The average Bonchev–Trinajstić information content (AvgIpc) is 2.76. The average molecular weight is 467 g/mol. The van der Waals surface area contributed by atoms with E-state index >= 15 is 0 Å². The molecule has 0 saturated heterocycles. The standard InChI is InChI=1S/C26H30N2O4S/c1-18-10-12-23(13-11-18)33(30,31)28(22-15-19(2)14-20(3)16-22)17-26(29)27-21(4)24-8-6-7-9-25(24)32-5/h6-16,21H,17H2,1-5H3,(H,27,29)/t21-/m0/s1. The molecule has 0 fully saturated rings. The number of aryl methyl sites for hydroxylation is 3. The van der Waals surface area contributed by atoms with E-state index in [0.29, 0.717) is 11.4 Å². The van der Waals surface area contributed by atoms with Crippen LogP contribution in [0.2, 0.25) is 0 Å². The largest absolute Gasteiger partial charge is 0.496 e. The van der Waals surface area contributed by atoms with Gasteiger partial charge in [-0.1, -0.05) is 42.0 Å². The number of carbonyl (C=O) groups excluding carboxylic acids is 1. The number of methoxy groups -OCH3 is 1. The maximum Gasteiger partial charge on any atom is 0.264 e. The first-order valence-corrected chi connectivity index (χ1v) is 12.2. The molecule has 0 bridgehead atoms. The van der Waals surface area contributed by atoms with Crippen molar-refractivity contribution >= 4 is 21.6 Å². The van der Waals surface area contributed by atoms with Gasteiger partial charge in [-0.15, -0.1) is 0 Å². The fourth-order valence-corrected chi connectivity index (χ4v) is 5.17. The summed E-state index contributed by atoms with van der Waals surface area (Å²) >= 11 is 0. The third kappa shape index (κ3) is 5.73. The van der Waals surface area contributed by atoms with Crippen LogP contribution in [0.4, 0.5) is 5.69 Å². The minimum absolute atomic E-state index is 0.137. The number of hydrogen-bond donors (Lipinski definition) is 1. The molecule has 0 spiro atoms. The second-order valence-electron chi connectivity index (χ2n) is 8.20. The molecule has 174 valence electrons. The second-order valence-corrected chi connectivity index (χ2v) is 10.1. The Labute approximate surface area is 196 Å². The van der Waals surface area contributed by atoms with Gasteiger partial charge in [0, 0.05) is 5.56 Å². The van der Waals surface area contributed by atoms with Crippen LogP contribution in [0.25, 0.3) is 0 Å². The van der Waals surface area contributed by atoms with Crippen LogP contribution < -0.4 is 14.4 Å². The summed E-state index contributed by atoms with van der Waals surface area (Å²) in [4.78, 5) is 13.2. The smallest absolute Gasteiger partial charge is 0.264 e. The van der Waals surface area contributed by atoms with Crippen molar-refractivity contribution in [3.05, 3.63) is 89.0 Å². The maximum absolute atomic E-state index is 13.6. The minimum Gasteiger partial charge on any atom is -0.496 e. The Bertz CT molecular complexity index is 1220. The lowest BCUT2D eigenvalue weighted by Crippen LogP contribution is -2.41. The zero-order chi connectivity index (χ0) is 24.2. The number of amides is 1. The van der Waals surface area contributed by atoms with Gasteiger partial charge in [-0.25, -0.2) is 8.42 Å². The summed E-state index contributed by atoms with van der Waals surface area (Å²) in [5.41, 5.74) is 4.05. The highest BCUT2D eigenvalue weighted by Gasteiger charge is 2.28. The fraction of sp³-hybridized carbons (Fsp3) is 0.269. The zero-order valence-corrected chi connectivity index (χ0v) is 20.4. The molecule has 0 aromatic heterocycles. The monoisotopic (exact) mass is 466 g/mol. The van der Waals surface area contributed by atoms with E-state index in [2.05, 4.69) is 5.32 Å². The lowest BCUT2D eigenvalue weighted by molar-refractivity contribution is -0.120. The van der Waals surface area contributed by atoms with Gasteiger partial charge < -0.3 is 10.1 Å². The summed E-state index contributed by atoms with van der Waals surface area (Å²) < 4.78 is 33.7. The topological polar surface area (TPSA) is 75.7 Å². The summed E-state index contributed by atoms with van der Waals surface area (Å²) in [5.74, 6) is 0.243. The molecule has 0 aliphatic carbocycles. The zero-order valence-electron chi connectivity index (χ0n) is 19.6. The number of carbonyl (C=O) groups is 1. The Balaban J connectivity index is 1.94. The van der Waals surface area contributed by atoms with Crippen molar-refractivity contribution < 1.29 is 17.9 Å². The van der Waals surface area contributed by atoms with E-state index < -0.39 is 15.9 Å². The molecule has 7 heteroatoms. The first-order chi connectivity index (χ1) is 15.6. The first kappa shape index (κ1) is 24.3. The van der Waals surface area contributed by atoms with Gasteiger partial charge in [-0.3, -0.25) is 9.10 Å². The van der Waals surface area contributed by atoms with Crippen LogP contribution in [-0.2, 0) is 14.8 Å². The summed E-state index contributed by atoms with van der Waals surface area (Å²) in [5, 5.41) is 2.91. The summed E-state index contributed by atoms with van der Waals surface area (Å²) in [7, 11) is -2.39. The number of anilines is 1. The van der Waals surface area contributed by atoms with Crippen LogP contribution >= 0.6 is 0 Å². The van der Waals surface area contributed by atoms with Gasteiger partial charge in [-0.05, 0) is 69.2 Å². The van der Waals surface area contributed by atoms with E-state index in [0.717, 1.165) is 22.3 Å². The van der Waals surface area contributed by atoms with Crippen LogP contribution in [0.1, 0.15) is 35.2 Å². The highest BCUT2D eigenvalue weighted by atomic mass is 32.2. The van der Waals surface area contributed by atoms with E-state index in [4.69, 9.17) is 4.74 Å². The van der Waals surface area contributed by atoms with Crippen LogP contribution in [0.5, 0.6) is 5.75 Å². The van der Waals surface area contributed by atoms with Crippen molar-refractivity contribution in [1.82, 2.24) is 5.32 Å². The molecule has 6 nitrogen and oxygen atoms in total. The fourth-order valence-electron chi connectivity index (χ4n) is 3.77. The van der Waals surface area contributed by atoms with Crippen LogP contribution in [0.15, 0.2) is 71.6 Å². The van der Waals surface area contributed by atoms with Gasteiger partial charge in [0.2, 0.25) is 5.91 Å². The Morgan fingerprint density at radius 3 is 2.15 bits per heavy atom. The lowest BCUT2D eigenvalue weighted by Gasteiger charge is -2.26. The molecule has 0 saturated carbocycles. The van der Waals surface area contributed by atoms with Crippen LogP contribution in [-0.4, -0.2) is 28.0 Å². The number of sulfonamides is 1. The van der Waals surface area contributed by atoms with Crippen molar-refractivity contribution in [2.24, 2.45) is 0 Å². The molecule has 33 heavy (non-hydrogen) atoms. The van der Waals surface area contributed by atoms with Gasteiger partial charge >= 0.3 is 0 Å². The van der Waals surface area contributed by atoms with E-state index in [9.17, 15) is 13.2 Å². The van der Waals surface area contributed by atoms with Crippen molar-refractivity contribution in [2.45, 2.75) is 38.6 Å². The van der Waals surface area contributed by atoms with Crippen molar-refractivity contribution in [1.29, 1.82) is 0 Å². The number of rotatable bonds is 8. The molecule has 3 rings (SSSR count).